The smallest absolute Gasteiger partial charge is 0.129 e. The molecule has 1 saturated heterocycles. The topological polar surface area (TPSA) is 34.1 Å². The zero-order valence-electron chi connectivity index (χ0n) is 8.99. The number of aromatic nitrogens is 1. The molecule has 2 heterocycles. The molecule has 1 aromatic rings. The maximum Gasteiger partial charge on any atom is 0.129 e. The van der Waals surface area contributed by atoms with Gasteiger partial charge in [0.2, 0.25) is 0 Å². The van der Waals surface area contributed by atoms with Crippen LogP contribution in [0, 0.1) is 5.92 Å². The highest BCUT2D eigenvalue weighted by Gasteiger charge is 2.13. The summed E-state index contributed by atoms with van der Waals surface area (Å²) in [4.78, 5) is 4.00. The van der Waals surface area contributed by atoms with Crippen LogP contribution in [0.25, 0.3) is 0 Å². The van der Waals surface area contributed by atoms with Crippen molar-refractivity contribution in [1.29, 1.82) is 0 Å². The van der Waals surface area contributed by atoms with E-state index in [1.165, 1.54) is 6.42 Å². The summed E-state index contributed by atoms with van der Waals surface area (Å²) in [5, 5.41) is 3.85. The summed E-state index contributed by atoms with van der Waals surface area (Å²) in [6.45, 7) is 3.66. The highest BCUT2D eigenvalue weighted by atomic mass is 35.5. The van der Waals surface area contributed by atoms with Crippen molar-refractivity contribution in [3.63, 3.8) is 0 Å². The molecule has 1 unspecified atom stereocenters. The summed E-state index contributed by atoms with van der Waals surface area (Å²) < 4.78 is 5.62. The molecule has 0 spiro atoms. The van der Waals surface area contributed by atoms with E-state index in [1.54, 1.807) is 12.3 Å². The minimum atomic E-state index is 0. The number of nitrogens with zero attached hydrogens (tertiary/aromatic N) is 1. The molecule has 3 nitrogen and oxygen atoms in total. The normalized spacial score (nSPS) is 19.4. The van der Waals surface area contributed by atoms with E-state index in [0.717, 1.165) is 25.3 Å². The van der Waals surface area contributed by atoms with Crippen molar-refractivity contribution in [2.24, 2.45) is 5.92 Å². The van der Waals surface area contributed by atoms with Crippen LogP contribution in [-0.4, -0.2) is 24.7 Å². The first-order valence-electron chi connectivity index (χ1n) is 5.23. The highest BCUT2D eigenvalue weighted by Crippen LogP contribution is 2.10. The van der Waals surface area contributed by atoms with Gasteiger partial charge < -0.3 is 10.1 Å². The summed E-state index contributed by atoms with van der Waals surface area (Å²) in [7, 11) is 0. The second-order valence-electron chi connectivity index (χ2n) is 3.86. The van der Waals surface area contributed by atoms with Gasteiger partial charge in [-0.3, -0.25) is 0 Å². The Hall–Kier alpha value is -0.350. The third-order valence-electron chi connectivity index (χ3n) is 2.57. The van der Waals surface area contributed by atoms with Crippen LogP contribution in [-0.2, 0) is 11.3 Å². The van der Waals surface area contributed by atoms with E-state index in [1.807, 2.05) is 6.07 Å². The van der Waals surface area contributed by atoms with E-state index >= 15 is 0 Å². The van der Waals surface area contributed by atoms with Crippen LogP contribution >= 0.6 is 24.0 Å². The quantitative estimate of drug-likeness (QED) is 0.846. The fourth-order valence-electron chi connectivity index (χ4n) is 1.69. The van der Waals surface area contributed by atoms with Gasteiger partial charge in [-0.15, -0.1) is 12.4 Å². The van der Waals surface area contributed by atoms with Crippen molar-refractivity contribution in [3.8, 4) is 0 Å². The minimum absolute atomic E-state index is 0. The monoisotopic (exact) mass is 262 g/mol. The zero-order chi connectivity index (χ0) is 10.5. The first-order chi connectivity index (χ1) is 7.34. The number of halogens is 2. The molecule has 0 bridgehead atoms. The summed E-state index contributed by atoms with van der Waals surface area (Å²) in [6, 6.07) is 3.74. The molecule has 0 amide bonds. The molecule has 1 fully saturated rings. The Morgan fingerprint density at radius 2 is 2.38 bits per heavy atom. The Morgan fingerprint density at radius 1 is 1.50 bits per heavy atom. The number of hydrogen-bond acceptors (Lipinski definition) is 3. The Morgan fingerprint density at radius 3 is 3.00 bits per heavy atom. The molecule has 1 aliphatic heterocycles. The van der Waals surface area contributed by atoms with Crippen LogP contribution in [0.4, 0.5) is 0 Å². The van der Waals surface area contributed by atoms with Gasteiger partial charge in [-0.1, -0.05) is 17.7 Å². The zero-order valence-corrected chi connectivity index (χ0v) is 10.6. The van der Waals surface area contributed by atoms with Crippen LogP contribution in [0.5, 0.6) is 0 Å². The summed E-state index contributed by atoms with van der Waals surface area (Å²) in [6.07, 6.45) is 2.98. The lowest BCUT2D eigenvalue weighted by Crippen LogP contribution is -2.13. The van der Waals surface area contributed by atoms with Crippen LogP contribution in [0.1, 0.15) is 12.0 Å². The molecule has 1 aromatic heterocycles. The first-order valence-corrected chi connectivity index (χ1v) is 5.61. The van der Waals surface area contributed by atoms with Crippen molar-refractivity contribution < 1.29 is 4.74 Å². The predicted octanol–water partition coefficient (Wildman–Crippen LogP) is 2.28. The van der Waals surface area contributed by atoms with E-state index in [-0.39, 0.29) is 12.4 Å². The molecule has 0 aliphatic carbocycles. The van der Waals surface area contributed by atoms with Gasteiger partial charge in [-0.25, -0.2) is 4.98 Å². The average molecular weight is 263 g/mol. The van der Waals surface area contributed by atoms with Crippen molar-refractivity contribution >= 4 is 24.0 Å². The minimum Gasteiger partial charge on any atom is -0.376 e. The van der Waals surface area contributed by atoms with E-state index in [0.29, 0.717) is 17.7 Å². The Balaban J connectivity index is 0.00000128. The average Bonchev–Trinajstić information content (AvgIpc) is 2.74. The molecule has 1 N–H and O–H groups in total. The Labute approximate surface area is 107 Å². The van der Waals surface area contributed by atoms with Gasteiger partial charge in [0, 0.05) is 12.7 Å². The largest absolute Gasteiger partial charge is 0.376 e. The maximum atomic E-state index is 5.69. The molecule has 0 aromatic carbocycles. The summed E-state index contributed by atoms with van der Waals surface area (Å²) in [5.41, 5.74) is 1.07. The maximum absolute atomic E-state index is 5.69. The molecule has 2 rings (SSSR count). The van der Waals surface area contributed by atoms with Gasteiger partial charge in [0.05, 0.1) is 13.2 Å². The fourth-order valence-corrected chi connectivity index (χ4v) is 1.80. The lowest BCUT2D eigenvalue weighted by Gasteiger charge is -2.08. The Kier molecular flexibility index (Phi) is 6.06. The fraction of sp³-hybridized carbons (Fsp3) is 0.545. The number of hydrogen-bond donors (Lipinski definition) is 1. The summed E-state index contributed by atoms with van der Waals surface area (Å²) in [5.74, 6) is 0.672. The molecule has 1 atom stereocenters. The van der Waals surface area contributed by atoms with Gasteiger partial charge in [0.1, 0.15) is 5.15 Å². The van der Waals surface area contributed by atoms with Crippen molar-refractivity contribution in [2.75, 3.05) is 19.7 Å². The molecular weight excluding hydrogens is 247 g/mol. The second kappa shape index (κ2) is 7.07. The van der Waals surface area contributed by atoms with Gasteiger partial charge in [0.25, 0.3) is 0 Å². The third kappa shape index (κ3) is 4.26. The number of nitrogens with one attached hydrogen (secondary N) is 1. The van der Waals surface area contributed by atoms with Gasteiger partial charge in [-0.2, -0.15) is 0 Å². The van der Waals surface area contributed by atoms with E-state index in [2.05, 4.69) is 10.3 Å². The molecule has 90 valence electrons. The molecule has 5 heteroatoms. The molecule has 0 saturated carbocycles. The SMILES string of the molecule is Cl.Clc1ccc(COCC2CCNC2)cn1. The van der Waals surface area contributed by atoms with Crippen molar-refractivity contribution in [1.82, 2.24) is 10.3 Å². The van der Waals surface area contributed by atoms with E-state index in [4.69, 9.17) is 16.3 Å². The van der Waals surface area contributed by atoms with E-state index in [9.17, 15) is 0 Å². The summed E-state index contributed by atoms with van der Waals surface area (Å²) >= 11 is 5.69. The van der Waals surface area contributed by atoms with Crippen LogP contribution in [0.15, 0.2) is 18.3 Å². The first kappa shape index (κ1) is 13.7. The van der Waals surface area contributed by atoms with Crippen molar-refractivity contribution in [2.45, 2.75) is 13.0 Å². The number of pyridine rings is 1. The molecule has 0 radical (unpaired) electrons. The molecular formula is C11H16Cl2N2O. The molecule has 16 heavy (non-hydrogen) atoms. The van der Waals surface area contributed by atoms with Gasteiger partial charge in [0.15, 0.2) is 0 Å². The van der Waals surface area contributed by atoms with Gasteiger partial charge in [-0.05, 0) is 30.5 Å². The second-order valence-corrected chi connectivity index (χ2v) is 4.25. The van der Waals surface area contributed by atoms with Crippen molar-refractivity contribution in [3.05, 3.63) is 29.0 Å². The van der Waals surface area contributed by atoms with E-state index < -0.39 is 0 Å². The van der Waals surface area contributed by atoms with Crippen LogP contribution < -0.4 is 5.32 Å². The van der Waals surface area contributed by atoms with Crippen LogP contribution in [0.3, 0.4) is 0 Å². The van der Waals surface area contributed by atoms with Gasteiger partial charge >= 0.3 is 0 Å². The molecule has 1 aliphatic rings. The predicted molar refractivity (Wildman–Crippen MR) is 67.1 cm³/mol. The van der Waals surface area contributed by atoms with Crippen LogP contribution in [0.2, 0.25) is 5.15 Å². The lowest BCUT2D eigenvalue weighted by atomic mass is 10.1. The number of ether oxygens (including phenoxy) is 1. The third-order valence-corrected chi connectivity index (χ3v) is 2.80. The highest BCUT2D eigenvalue weighted by molar-refractivity contribution is 6.29. The number of rotatable bonds is 4. The Bertz CT molecular complexity index is 299. The standard InChI is InChI=1S/C11H15ClN2O.ClH/c12-11-2-1-9(6-14-11)7-15-8-10-3-4-13-5-10;/h1-2,6,10,13H,3-5,7-8H2;1H. The lowest BCUT2D eigenvalue weighted by molar-refractivity contribution is 0.0923.